The molecule has 0 saturated carbocycles. The van der Waals surface area contributed by atoms with Crippen LogP contribution in [0.2, 0.25) is 0 Å². The molecule has 1 fully saturated rings. The number of carbonyl (C=O) groups is 1. The summed E-state index contributed by atoms with van der Waals surface area (Å²) in [5, 5.41) is 0. The maximum atomic E-state index is 12.8. The molecule has 0 radical (unpaired) electrons. The van der Waals surface area contributed by atoms with E-state index in [1.54, 1.807) is 12.4 Å². The number of hydrogen-bond acceptors (Lipinski definition) is 5. The van der Waals surface area contributed by atoms with Gasteiger partial charge in [-0.05, 0) is 32.3 Å². The number of piperidine rings is 1. The zero-order chi connectivity index (χ0) is 19.5. The summed E-state index contributed by atoms with van der Waals surface area (Å²) in [6, 6.07) is 8.39. The van der Waals surface area contributed by atoms with Gasteiger partial charge in [0.05, 0.1) is 11.9 Å². The van der Waals surface area contributed by atoms with Gasteiger partial charge in [-0.1, -0.05) is 29.8 Å². The van der Waals surface area contributed by atoms with Crippen LogP contribution in [-0.4, -0.2) is 43.8 Å². The molecule has 1 aliphatic rings. The van der Waals surface area contributed by atoms with Crippen LogP contribution in [0, 0.1) is 13.8 Å². The van der Waals surface area contributed by atoms with Gasteiger partial charge < -0.3 is 4.90 Å². The SMILES string of the molecule is Cc1cccc(-c2cnc(C)nc2C2CCCN(C(=O)c3cnccn3)C2)c1. The van der Waals surface area contributed by atoms with E-state index in [0.717, 1.165) is 42.0 Å². The lowest BCUT2D eigenvalue weighted by Crippen LogP contribution is -2.39. The van der Waals surface area contributed by atoms with Crippen LogP contribution >= 0.6 is 0 Å². The molecule has 3 heterocycles. The highest BCUT2D eigenvalue weighted by atomic mass is 16.2. The first-order chi connectivity index (χ1) is 13.6. The van der Waals surface area contributed by atoms with Crippen LogP contribution < -0.4 is 0 Å². The summed E-state index contributed by atoms with van der Waals surface area (Å²) >= 11 is 0. The molecule has 0 bridgehead atoms. The molecule has 1 amide bonds. The summed E-state index contributed by atoms with van der Waals surface area (Å²) in [5.74, 6) is 0.857. The Hall–Kier alpha value is -3.15. The molecule has 2 aromatic heterocycles. The number of carbonyl (C=O) groups excluding carboxylic acids is 1. The first-order valence-corrected chi connectivity index (χ1v) is 9.57. The molecule has 1 atom stereocenters. The Morgan fingerprint density at radius 1 is 1.14 bits per heavy atom. The van der Waals surface area contributed by atoms with E-state index < -0.39 is 0 Å². The minimum Gasteiger partial charge on any atom is -0.337 e. The smallest absolute Gasteiger partial charge is 0.274 e. The molecular weight excluding hydrogens is 350 g/mol. The molecule has 142 valence electrons. The van der Waals surface area contributed by atoms with E-state index in [1.165, 1.54) is 11.8 Å². The number of rotatable bonds is 3. The number of likely N-dealkylation sites (tertiary alicyclic amines) is 1. The zero-order valence-electron chi connectivity index (χ0n) is 16.2. The lowest BCUT2D eigenvalue weighted by Gasteiger charge is -2.33. The molecule has 0 N–H and O–H groups in total. The van der Waals surface area contributed by atoms with Crippen LogP contribution in [0.25, 0.3) is 11.1 Å². The highest BCUT2D eigenvalue weighted by Gasteiger charge is 2.29. The lowest BCUT2D eigenvalue weighted by molar-refractivity contribution is 0.0699. The quantitative estimate of drug-likeness (QED) is 0.702. The van der Waals surface area contributed by atoms with Crippen molar-refractivity contribution >= 4 is 5.91 Å². The van der Waals surface area contributed by atoms with Gasteiger partial charge in [0, 0.05) is 43.2 Å². The summed E-state index contributed by atoms with van der Waals surface area (Å²) in [6.07, 6.45) is 8.51. The monoisotopic (exact) mass is 373 g/mol. The number of benzene rings is 1. The Kier molecular flexibility index (Phi) is 5.10. The largest absolute Gasteiger partial charge is 0.337 e. The fourth-order valence-electron chi connectivity index (χ4n) is 3.79. The van der Waals surface area contributed by atoms with Crippen molar-refractivity contribution in [1.29, 1.82) is 0 Å². The number of aromatic nitrogens is 4. The van der Waals surface area contributed by atoms with Gasteiger partial charge in [0.15, 0.2) is 0 Å². The Bertz CT molecular complexity index is 989. The Balaban J connectivity index is 1.65. The average molecular weight is 373 g/mol. The summed E-state index contributed by atoms with van der Waals surface area (Å²) in [4.78, 5) is 32.1. The predicted octanol–water partition coefficient (Wildman–Crippen LogP) is 3.57. The summed E-state index contributed by atoms with van der Waals surface area (Å²) in [6.45, 7) is 5.36. The summed E-state index contributed by atoms with van der Waals surface area (Å²) < 4.78 is 0. The van der Waals surface area contributed by atoms with Gasteiger partial charge in [-0.3, -0.25) is 9.78 Å². The molecule has 1 saturated heterocycles. The van der Waals surface area contributed by atoms with Crippen LogP contribution in [0.15, 0.2) is 49.1 Å². The van der Waals surface area contributed by atoms with Gasteiger partial charge in [0.1, 0.15) is 11.5 Å². The normalized spacial score (nSPS) is 16.8. The van der Waals surface area contributed by atoms with Crippen LogP contribution in [0.1, 0.15) is 46.3 Å². The Morgan fingerprint density at radius 3 is 2.82 bits per heavy atom. The first kappa shape index (κ1) is 18.2. The van der Waals surface area contributed by atoms with Crippen molar-refractivity contribution in [3.05, 3.63) is 71.8 Å². The number of nitrogens with zero attached hydrogens (tertiary/aromatic N) is 5. The van der Waals surface area contributed by atoms with Crippen LogP contribution in [0.3, 0.4) is 0 Å². The second-order valence-corrected chi connectivity index (χ2v) is 7.27. The van der Waals surface area contributed by atoms with Crippen molar-refractivity contribution < 1.29 is 4.79 Å². The van der Waals surface area contributed by atoms with Gasteiger partial charge >= 0.3 is 0 Å². The minimum absolute atomic E-state index is 0.0688. The third kappa shape index (κ3) is 3.76. The van der Waals surface area contributed by atoms with Gasteiger partial charge in [0.2, 0.25) is 0 Å². The van der Waals surface area contributed by atoms with Crippen molar-refractivity contribution in [2.24, 2.45) is 0 Å². The van der Waals surface area contributed by atoms with E-state index >= 15 is 0 Å². The fraction of sp³-hybridized carbons (Fsp3) is 0.318. The molecule has 1 unspecified atom stereocenters. The van der Waals surface area contributed by atoms with E-state index in [0.29, 0.717) is 12.2 Å². The van der Waals surface area contributed by atoms with Crippen LogP contribution in [-0.2, 0) is 0 Å². The first-order valence-electron chi connectivity index (χ1n) is 9.57. The van der Waals surface area contributed by atoms with Crippen molar-refractivity contribution in [1.82, 2.24) is 24.8 Å². The molecule has 6 nitrogen and oxygen atoms in total. The summed E-state index contributed by atoms with van der Waals surface area (Å²) in [5.41, 5.74) is 4.78. The molecule has 4 rings (SSSR count). The number of hydrogen-bond donors (Lipinski definition) is 0. The summed E-state index contributed by atoms with van der Waals surface area (Å²) in [7, 11) is 0. The minimum atomic E-state index is -0.0688. The second kappa shape index (κ2) is 7.84. The van der Waals surface area contributed by atoms with Gasteiger partial charge in [-0.25, -0.2) is 15.0 Å². The van der Waals surface area contributed by atoms with Crippen LogP contribution in [0.5, 0.6) is 0 Å². The Morgan fingerprint density at radius 2 is 2.04 bits per heavy atom. The maximum absolute atomic E-state index is 12.8. The highest BCUT2D eigenvalue weighted by Crippen LogP contribution is 2.33. The van der Waals surface area contributed by atoms with E-state index in [9.17, 15) is 4.79 Å². The third-order valence-electron chi connectivity index (χ3n) is 5.15. The van der Waals surface area contributed by atoms with Gasteiger partial charge in [0.25, 0.3) is 5.91 Å². The number of aryl methyl sites for hydroxylation is 2. The lowest BCUT2D eigenvalue weighted by atomic mass is 9.89. The van der Waals surface area contributed by atoms with E-state index in [4.69, 9.17) is 4.98 Å². The van der Waals surface area contributed by atoms with E-state index in [2.05, 4.69) is 46.1 Å². The molecule has 6 heteroatoms. The second-order valence-electron chi connectivity index (χ2n) is 7.27. The molecule has 0 spiro atoms. The van der Waals surface area contributed by atoms with E-state index in [1.807, 2.05) is 18.0 Å². The average Bonchev–Trinajstić information content (AvgIpc) is 2.74. The molecule has 1 aromatic carbocycles. The van der Waals surface area contributed by atoms with Crippen molar-refractivity contribution in [3.8, 4) is 11.1 Å². The van der Waals surface area contributed by atoms with Crippen molar-refractivity contribution in [2.75, 3.05) is 13.1 Å². The van der Waals surface area contributed by atoms with E-state index in [-0.39, 0.29) is 11.8 Å². The fourth-order valence-corrected chi connectivity index (χ4v) is 3.79. The highest BCUT2D eigenvalue weighted by molar-refractivity contribution is 5.92. The third-order valence-corrected chi connectivity index (χ3v) is 5.15. The Labute approximate surface area is 164 Å². The van der Waals surface area contributed by atoms with Gasteiger partial charge in [-0.15, -0.1) is 0 Å². The molecular formula is C22H23N5O. The maximum Gasteiger partial charge on any atom is 0.274 e. The van der Waals surface area contributed by atoms with Gasteiger partial charge in [-0.2, -0.15) is 0 Å². The standard InChI is InChI=1S/C22H23N5O/c1-15-5-3-6-17(11-15)19-12-25-16(2)26-21(19)18-7-4-10-27(14-18)22(28)20-13-23-8-9-24-20/h3,5-6,8-9,11-13,18H,4,7,10,14H2,1-2H3. The van der Waals surface area contributed by atoms with Crippen molar-refractivity contribution in [3.63, 3.8) is 0 Å². The molecule has 0 aliphatic carbocycles. The number of amides is 1. The molecule has 28 heavy (non-hydrogen) atoms. The molecule has 1 aliphatic heterocycles. The topological polar surface area (TPSA) is 71.9 Å². The predicted molar refractivity (Wildman–Crippen MR) is 107 cm³/mol. The molecule has 3 aromatic rings. The van der Waals surface area contributed by atoms with Crippen molar-refractivity contribution in [2.45, 2.75) is 32.6 Å². The van der Waals surface area contributed by atoms with Crippen LogP contribution in [0.4, 0.5) is 0 Å². The zero-order valence-corrected chi connectivity index (χ0v) is 16.2.